The lowest BCUT2D eigenvalue weighted by Gasteiger charge is -2.26. The maximum atomic E-state index is 13.2. The number of ketones is 1. The molecule has 1 fully saturated rings. The first kappa shape index (κ1) is 20.3. The first-order valence-corrected chi connectivity index (χ1v) is 9.85. The molecule has 6 nitrogen and oxygen atoms in total. The highest BCUT2D eigenvalue weighted by atomic mass is 16.5. The minimum atomic E-state index is -0.801. The molecule has 1 unspecified atom stereocenters. The number of aliphatic hydroxyl groups is 1. The molecule has 4 rings (SSSR count). The average molecular weight is 414 g/mol. The van der Waals surface area contributed by atoms with Gasteiger partial charge in [0.25, 0.3) is 11.7 Å². The quantitative estimate of drug-likeness (QED) is 0.390. The third-order valence-corrected chi connectivity index (χ3v) is 5.58. The summed E-state index contributed by atoms with van der Waals surface area (Å²) in [7, 11) is 1.55. The van der Waals surface area contributed by atoms with Crippen molar-refractivity contribution >= 4 is 23.1 Å². The highest BCUT2D eigenvalue weighted by molar-refractivity contribution is 6.51. The number of aliphatic hydroxyl groups excluding tert-OH is 1. The Morgan fingerprint density at radius 2 is 1.74 bits per heavy atom. The van der Waals surface area contributed by atoms with Crippen molar-refractivity contribution < 1.29 is 19.4 Å². The van der Waals surface area contributed by atoms with Gasteiger partial charge in [-0.2, -0.15) is 0 Å². The number of aryl methyl sites for hydroxylation is 2. The molecule has 0 spiro atoms. The van der Waals surface area contributed by atoms with Gasteiger partial charge in [-0.15, -0.1) is 0 Å². The van der Waals surface area contributed by atoms with E-state index in [9.17, 15) is 14.7 Å². The topological polar surface area (TPSA) is 79.7 Å². The van der Waals surface area contributed by atoms with Crippen LogP contribution in [0.1, 0.15) is 28.3 Å². The first-order chi connectivity index (χ1) is 14.9. The van der Waals surface area contributed by atoms with E-state index in [0.717, 1.165) is 11.1 Å². The third-order valence-electron chi connectivity index (χ3n) is 5.58. The van der Waals surface area contributed by atoms with Crippen LogP contribution in [0, 0.1) is 13.8 Å². The van der Waals surface area contributed by atoms with Gasteiger partial charge in [-0.05, 0) is 66.9 Å². The monoisotopic (exact) mass is 414 g/mol. The summed E-state index contributed by atoms with van der Waals surface area (Å²) in [6.07, 6.45) is 3.05. The summed E-state index contributed by atoms with van der Waals surface area (Å²) < 4.78 is 5.35. The standard InChI is InChI=1S/C25H22N2O4/c1-15-7-8-19(13-16(15)2)27-22(18-5-4-6-20(14-18)31-3)21(24(29)25(27)30)23(28)17-9-11-26-12-10-17/h4-14,22,28H,1-3H3/b23-21+. The second-order valence-electron chi connectivity index (χ2n) is 7.45. The van der Waals surface area contributed by atoms with E-state index in [1.165, 1.54) is 17.3 Å². The fraction of sp³-hybridized carbons (Fsp3) is 0.160. The van der Waals surface area contributed by atoms with Crippen molar-refractivity contribution in [1.29, 1.82) is 0 Å². The van der Waals surface area contributed by atoms with Crippen molar-refractivity contribution in [3.63, 3.8) is 0 Å². The number of Topliss-reactive ketones (excluding diaryl/α,β-unsaturated/α-hetero) is 1. The zero-order valence-corrected chi connectivity index (χ0v) is 17.5. The number of benzene rings is 2. The predicted molar refractivity (Wildman–Crippen MR) is 118 cm³/mol. The summed E-state index contributed by atoms with van der Waals surface area (Å²) in [6.45, 7) is 3.93. The zero-order valence-electron chi connectivity index (χ0n) is 17.5. The molecule has 1 aromatic heterocycles. The number of hydrogen-bond acceptors (Lipinski definition) is 5. The molecule has 0 bridgehead atoms. The van der Waals surface area contributed by atoms with Crippen molar-refractivity contribution in [3.8, 4) is 5.75 Å². The number of carbonyl (C=O) groups excluding carboxylic acids is 2. The van der Waals surface area contributed by atoms with Crippen molar-refractivity contribution in [2.24, 2.45) is 0 Å². The van der Waals surface area contributed by atoms with Gasteiger partial charge in [0, 0.05) is 23.6 Å². The number of ether oxygens (including phenoxy) is 1. The Balaban J connectivity index is 1.97. The van der Waals surface area contributed by atoms with Gasteiger partial charge in [-0.1, -0.05) is 18.2 Å². The molecule has 6 heteroatoms. The number of carbonyl (C=O) groups is 2. The maximum absolute atomic E-state index is 13.2. The molecule has 1 aliphatic rings. The Morgan fingerprint density at radius 3 is 2.42 bits per heavy atom. The molecular formula is C25H22N2O4. The van der Waals surface area contributed by atoms with Gasteiger partial charge in [-0.3, -0.25) is 19.5 Å². The van der Waals surface area contributed by atoms with Crippen LogP contribution in [0.5, 0.6) is 5.75 Å². The molecular weight excluding hydrogens is 392 g/mol. The van der Waals surface area contributed by atoms with E-state index >= 15 is 0 Å². The van der Waals surface area contributed by atoms with Crippen molar-refractivity contribution in [1.82, 2.24) is 4.98 Å². The molecule has 0 radical (unpaired) electrons. The number of rotatable bonds is 4. The van der Waals surface area contributed by atoms with E-state index in [0.29, 0.717) is 22.6 Å². The van der Waals surface area contributed by atoms with Crippen LogP contribution in [0.4, 0.5) is 5.69 Å². The Labute approximate surface area is 180 Å². The van der Waals surface area contributed by atoms with E-state index in [4.69, 9.17) is 4.74 Å². The molecule has 3 aromatic rings. The summed E-state index contributed by atoms with van der Waals surface area (Å²) in [6, 6.07) is 15.2. The minimum Gasteiger partial charge on any atom is -0.507 e. The Morgan fingerprint density at radius 1 is 1.00 bits per heavy atom. The van der Waals surface area contributed by atoms with E-state index in [1.807, 2.05) is 38.1 Å². The Hall–Kier alpha value is -3.93. The Bertz CT molecular complexity index is 1200. The second-order valence-corrected chi connectivity index (χ2v) is 7.45. The lowest BCUT2D eigenvalue weighted by atomic mass is 9.95. The van der Waals surface area contributed by atoms with E-state index in [1.54, 1.807) is 37.4 Å². The largest absolute Gasteiger partial charge is 0.507 e. The van der Waals surface area contributed by atoms with Crippen LogP contribution in [0.15, 0.2) is 72.6 Å². The van der Waals surface area contributed by atoms with Gasteiger partial charge in [0.15, 0.2) is 0 Å². The molecule has 156 valence electrons. The van der Waals surface area contributed by atoms with E-state index < -0.39 is 17.7 Å². The van der Waals surface area contributed by atoms with Gasteiger partial charge in [-0.25, -0.2) is 0 Å². The first-order valence-electron chi connectivity index (χ1n) is 9.85. The van der Waals surface area contributed by atoms with Crippen LogP contribution in [0.3, 0.4) is 0 Å². The van der Waals surface area contributed by atoms with Crippen molar-refractivity contribution in [2.45, 2.75) is 19.9 Å². The normalized spacial score (nSPS) is 17.8. The molecule has 1 N–H and O–H groups in total. The summed E-state index contributed by atoms with van der Waals surface area (Å²) >= 11 is 0. The van der Waals surface area contributed by atoms with E-state index in [2.05, 4.69) is 4.98 Å². The molecule has 1 atom stereocenters. The maximum Gasteiger partial charge on any atom is 0.300 e. The Kier molecular flexibility index (Phi) is 5.29. The molecule has 2 aromatic carbocycles. The van der Waals surface area contributed by atoms with Gasteiger partial charge in [0.2, 0.25) is 0 Å². The average Bonchev–Trinajstić information content (AvgIpc) is 3.06. The number of hydrogen-bond donors (Lipinski definition) is 1. The predicted octanol–water partition coefficient (Wildman–Crippen LogP) is 4.33. The fourth-order valence-corrected chi connectivity index (χ4v) is 3.77. The molecule has 2 heterocycles. The minimum absolute atomic E-state index is 0.0303. The third kappa shape index (κ3) is 3.57. The summed E-state index contributed by atoms with van der Waals surface area (Å²) in [5.41, 5.74) is 3.77. The van der Waals surface area contributed by atoms with Crippen molar-refractivity contribution in [2.75, 3.05) is 12.0 Å². The van der Waals surface area contributed by atoms with Gasteiger partial charge in [0.05, 0.1) is 18.7 Å². The van der Waals surface area contributed by atoms with Gasteiger partial charge in [0.1, 0.15) is 11.5 Å². The summed E-state index contributed by atoms with van der Waals surface area (Å²) in [5, 5.41) is 11.1. The highest BCUT2D eigenvalue weighted by Gasteiger charge is 2.47. The number of pyridine rings is 1. The summed E-state index contributed by atoms with van der Waals surface area (Å²) in [4.78, 5) is 31.7. The zero-order chi connectivity index (χ0) is 22.1. The van der Waals surface area contributed by atoms with Crippen LogP contribution in [0.25, 0.3) is 5.76 Å². The number of amides is 1. The highest BCUT2D eigenvalue weighted by Crippen LogP contribution is 2.43. The summed E-state index contributed by atoms with van der Waals surface area (Å²) in [5.74, 6) is -1.07. The molecule has 1 saturated heterocycles. The number of nitrogens with zero attached hydrogens (tertiary/aromatic N) is 2. The van der Waals surface area contributed by atoms with Crippen LogP contribution >= 0.6 is 0 Å². The van der Waals surface area contributed by atoms with Crippen LogP contribution in [-0.4, -0.2) is 28.9 Å². The fourth-order valence-electron chi connectivity index (χ4n) is 3.77. The van der Waals surface area contributed by atoms with Crippen molar-refractivity contribution in [3.05, 3.63) is 94.8 Å². The number of methoxy groups -OCH3 is 1. The number of anilines is 1. The van der Waals surface area contributed by atoms with Crippen LogP contribution in [0.2, 0.25) is 0 Å². The lowest BCUT2D eigenvalue weighted by Crippen LogP contribution is -2.29. The second kappa shape index (κ2) is 8.07. The molecule has 1 amide bonds. The van der Waals surface area contributed by atoms with Gasteiger partial charge >= 0.3 is 0 Å². The van der Waals surface area contributed by atoms with Crippen LogP contribution in [-0.2, 0) is 9.59 Å². The number of aromatic nitrogens is 1. The molecule has 1 aliphatic heterocycles. The molecule has 0 saturated carbocycles. The van der Waals surface area contributed by atoms with E-state index in [-0.39, 0.29) is 11.3 Å². The molecule has 0 aliphatic carbocycles. The SMILES string of the molecule is COc1cccc(C2/C(=C(\O)c3ccncc3)C(=O)C(=O)N2c2ccc(C)c(C)c2)c1. The van der Waals surface area contributed by atoms with Gasteiger partial charge < -0.3 is 9.84 Å². The van der Waals surface area contributed by atoms with Crippen LogP contribution < -0.4 is 9.64 Å². The molecule has 31 heavy (non-hydrogen) atoms. The lowest BCUT2D eigenvalue weighted by molar-refractivity contribution is -0.132. The smallest absolute Gasteiger partial charge is 0.300 e.